The molecule has 0 aliphatic carbocycles. The van der Waals surface area contributed by atoms with Gasteiger partial charge in [-0.25, -0.2) is 39.9 Å². The van der Waals surface area contributed by atoms with Gasteiger partial charge in [0, 0.05) is 120 Å². The van der Waals surface area contributed by atoms with Crippen molar-refractivity contribution in [3.63, 3.8) is 0 Å². The summed E-state index contributed by atoms with van der Waals surface area (Å²) in [7, 11) is 0. The van der Waals surface area contributed by atoms with Crippen molar-refractivity contribution in [2.75, 3.05) is 0 Å². The van der Waals surface area contributed by atoms with E-state index in [2.05, 4.69) is 215 Å². The van der Waals surface area contributed by atoms with Crippen LogP contribution in [-0.4, -0.2) is 58.1 Å². The van der Waals surface area contributed by atoms with E-state index in [4.69, 9.17) is 39.9 Å². The van der Waals surface area contributed by atoms with Crippen LogP contribution in [0.4, 0.5) is 0 Å². The van der Waals surface area contributed by atoms with E-state index in [0.717, 1.165) is 138 Å². The molecule has 8 aromatic heterocycles. The molecule has 0 atom stereocenters. The average molecular weight is 1130 g/mol. The predicted molar refractivity (Wildman–Crippen MR) is 351 cm³/mol. The molecule has 0 aliphatic heterocycles. The standard InChI is InChI=1S/C75H49N13/c1-75(2,3)66-69(87-62-28-24-45(71-77-32-12-33-78-71)40-53(62)54-41-46(25-29-63(54)87)72-79-34-13-35-80-72)67(85-58-20-8-4-16-49(58)50-17-5-9-21-59(50)85)57(44-76)68(86-60-22-10-6-18-51(60)52-19-7-11-23-61(52)86)70(66)88-64-30-26-47(73-81-36-14-37-82-73)42-55(64)56-43-48(27-31-65(56)88)74-83-38-15-39-84-74/h4-43H,1-3H3. The van der Waals surface area contributed by atoms with E-state index in [-0.39, 0.29) is 0 Å². The molecule has 0 radical (unpaired) electrons. The molecule has 17 rings (SSSR count). The van der Waals surface area contributed by atoms with Gasteiger partial charge in [-0.15, -0.1) is 0 Å². The largest absolute Gasteiger partial charge is 0.307 e. The third-order valence-electron chi connectivity index (χ3n) is 17.1. The number of aromatic nitrogens is 12. The van der Waals surface area contributed by atoms with E-state index in [9.17, 15) is 5.26 Å². The maximum absolute atomic E-state index is 13.1. The second-order valence-corrected chi connectivity index (χ2v) is 23.1. The molecular formula is C75H49N13. The second-order valence-electron chi connectivity index (χ2n) is 23.1. The molecule has 13 nitrogen and oxygen atoms in total. The fraction of sp³-hybridized carbons (Fsp3) is 0.0533. The van der Waals surface area contributed by atoms with Crippen LogP contribution < -0.4 is 0 Å². The summed E-state index contributed by atoms with van der Waals surface area (Å²) in [4.78, 5) is 38.1. The Bertz CT molecular complexity index is 5090. The molecule has 0 saturated carbocycles. The van der Waals surface area contributed by atoms with Crippen LogP contribution in [0.1, 0.15) is 31.9 Å². The molecule has 0 N–H and O–H groups in total. The first-order chi connectivity index (χ1) is 43.3. The highest BCUT2D eigenvalue weighted by Gasteiger charge is 2.38. The van der Waals surface area contributed by atoms with Crippen molar-refractivity contribution < 1.29 is 0 Å². The first-order valence-corrected chi connectivity index (χ1v) is 29.2. The normalized spacial score (nSPS) is 12.0. The molecule has 8 heterocycles. The van der Waals surface area contributed by atoms with E-state index >= 15 is 0 Å². The van der Waals surface area contributed by atoms with Gasteiger partial charge in [-0.3, -0.25) is 0 Å². The topological polar surface area (TPSA) is 147 Å². The highest BCUT2D eigenvalue weighted by Crippen LogP contribution is 2.52. The Morgan fingerprint density at radius 2 is 0.523 bits per heavy atom. The lowest BCUT2D eigenvalue weighted by atomic mass is 9.81. The van der Waals surface area contributed by atoms with Gasteiger partial charge in [0.05, 0.1) is 66.9 Å². The molecule has 13 heteroatoms. The Labute approximate surface area is 503 Å². The fourth-order valence-corrected chi connectivity index (χ4v) is 13.6. The van der Waals surface area contributed by atoms with Crippen LogP contribution in [-0.2, 0) is 5.41 Å². The van der Waals surface area contributed by atoms with Gasteiger partial charge in [-0.1, -0.05) is 93.6 Å². The van der Waals surface area contributed by atoms with Crippen LogP contribution in [0.15, 0.2) is 244 Å². The fourth-order valence-electron chi connectivity index (χ4n) is 13.6. The third kappa shape index (κ3) is 7.58. The summed E-state index contributed by atoms with van der Waals surface area (Å²) in [5.41, 5.74) is 14.8. The quantitative estimate of drug-likeness (QED) is 0.145. The summed E-state index contributed by atoms with van der Waals surface area (Å²) < 4.78 is 9.54. The zero-order valence-electron chi connectivity index (χ0n) is 47.9. The lowest BCUT2D eigenvalue weighted by molar-refractivity contribution is 0.583. The van der Waals surface area contributed by atoms with Gasteiger partial charge in [0.15, 0.2) is 23.3 Å². The lowest BCUT2D eigenvalue weighted by Crippen LogP contribution is -2.24. The Hall–Kier alpha value is -12.0. The smallest absolute Gasteiger partial charge is 0.159 e. The monoisotopic (exact) mass is 1130 g/mol. The van der Waals surface area contributed by atoms with Crippen LogP contribution >= 0.6 is 0 Å². The lowest BCUT2D eigenvalue weighted by Gasteiger charge is -2.34. The first kappa shape index (κ1) is 50.5. The van der Waals surface area contributed by atoms with Crippen molar-refractivity contribution in [3.8, 4) is 74.4 Å². The van der Waals surface area contributed by atoms with Gasteiger partial charge in [0.2, 0.25) is 0 Å². The maximum Gasteiger partial charge on any atom is 0.159 e. The molecule has 414 valence electrons. The van der Waals surface area contributed by atoms with Crippen molar-refractivity contribution in [2.45, 2.75) is 26.2 Å². The van der Waals surface area contributed by atoms with Crippen molar-refractivity contribution in [1.82, 2.24) is 58.1 Å². The molecular weight excluding hydrogens is 1080 g/mol. The minimum Gasteiger partial charge on any atom is -0.307 e. The Kier molecular flexibility index (Phi) is 11.2. The summed E-state index contributed by atoms with van der Waals surface area (Å²) in [6.07, 6.45) is 14.2. The van der Waals surface area contributed by atoms with E-state index in [1.807, 2.05) is 24.3 Å². The number of hydrogen-bond donors (Lipinski definition) is 0. The SMILES string of the molecule is CC(C)(C)c1c(-n2c3ccc(-c4ncccn4)cc3c3cc(-c4ncccn4)ccc32)c(-n2c3ccccc3c3ccccc32)c(C#N)c(-n2c3ccccc3c3ccccc32)c1-n1c2ccc(-c3ncccn3)cc2c2cc(-c3ncccn3)ccc21. The number of benzene rings is 9. The Morgan fingerprint density at radius 3 is 0.773 bits per heavy atom. The number of hydrogen-bond acceptors (Lipinski definition) is 9. The molecule has 0 bridgehead atoms. The average Bonchev–Trinajstić information content (AvgIpc) is 1.50. The predicted octanol–water partition coefficient (Wildman–Crippen LogP) is 17.1. The number of nitrogens with zero attached hydrogens (tertiary/aromatic N) is 13. The number of fused-ring (bicyclic) bond motifs is 12. The second kappa shape index (κ2) is 19.5. The summed E-state index contributed by atoms with van der Waals surface area (Å²) in [6.45, 7) is 6.92. The Balaban J connectivity index is 1.15. The third-order valence-corrected chi connectivity index (χ3v) is 17.1. The molecule has 0 spiro atoms. The molecule has 0 aliphatic rings. The van der Waals surface area contributed by atoms with E-state index in [0.29, 0.717) is 28.9 Å². The first-order valence-electron chi connectivity index (χ1n) is 29.2. The van der Waals surface area contributed by atoms with Crippen molar-refractivity contribution in [2.24, 2.45) is 0 Å². The molecule has 9 aromatic carbocycles. The maximum atomic E-state index is 13.1. The van der Waals surface area contributed by atoms with Crippen molar-refractivity contribution >= 4 is 87.2 Å². The minimum absolute atomic E-state index is 0.466. The van der Waals surface area contributed by atoms with Crippen molar-refractivity contribution in [1.29, 1.82) is 5.26 Å². The molecule has 0 unspecified atom stereocenters. The van der Waals surface area contributed by atoms with Crippen LogP contribution in [0.3, 0.4) is 0 Å². The minimum atomic E-state index is -0.712. The summed E-state index contributed by atoms with van der Waals surface area (Å²) in [5.74, 6) is 2.42. The van der Waals surface area contributed by atoms with E-state index < -0.39 is 5.41 Å². The zero-order chi connectivity index (χ0) is 58.8. The van der Waals surface area contributed by atoms with Gasteiger partial charge in [-0.2, -0.15) is 5.26 Å². The summed E-state index contributed by atoms with van der Waals surface area (Å²) in [6, 6.07) is 70.7. The van der Waals surface area contributed by atoms with Gasteiger partial charge in [0.25, 0.3) is 0 Å². The molecule has 0 amide bonds. The molecule has 17 aromatic rings. The van der Waals surface area contributed by atoms with Crippen molar-refractivity contribution in [3.05, 3.63) is 255 Å². The number of rotatable bonds is 8. The van der Waals surface area contributed by atoms with E-state index in [1.54, 1.807) is 49.6 Å². The summed E-state index contributed by atoms with van der Waals surface area (Å²) in [5, 5.41) is 21.2. The van der Waals surface area contributed by atoms with E-state index in [1.165, 1.54) is 0 Å². The molecule has 88 heavy (non-hydrogen) atoms. The number of nitriles is 1. The summed E-state index contributed by atoms with van der Waals surface area (Å²) >= 11 is 0. The van der Waals surface area contributed by atoms with Gasteiger partial charge < -0.3 is 18.3 Å². The molecule has 0 fully saturated rings. The van der Waals surface area contributed by atoms with Crippen LogP contribution in [0.25, 0.3) is 156 Å². The number of para-hydroxylation sites is 4. The van der Waals surface area contributed by atoms with Gasteiger partial charge in [-0.05, 0) is 127 Å². The molecule has 0 saturated heterocycles. The highest BCUT2D eigenvalue weighted by atomic mass is 15.1. The van der Waals surface area contributed by atoms with Crippen LogP contribution in [0, 0.1) is 11.3 Å². The van der Waals surface area contributed by atoms with Gasteiger partial charge in [0.1, 0.15) is 11.6 Å². The van der Waals surface area contributed by atoms with Gasteiger partial charge >= 0.3 is 0 Å². The Morgan fingerprint density at radius 1 is 0.284 bits per heavy atom. The highest BCUT2D eigenvalue weighted by molar-refractivity contribution is 6.17. The zero-order valence-corrected chi connectivity index (χ0v) is 47.9. The van der Waals surface area contributed by atoms with Crippen LogP contribution in [0.5, 0.6) is 0 Å². The van der Waals surface area contributed by atoms with Crippen LogP contribution in [0.2, 0.25) is 0 Å².